The van der Waals surface area contributed by atoms with Crippen LogP contribution in [0.3, 0.4) is 0 Å². The van der Waals surface area contributed by atoms with E-state index in [9.17, 15) is 14.4 Å². The minimum absolute atomic E-state index is 0.195. The number of hydrogen-bond donors (Lipinski definition) is 3. The Morgan fingerprint density at radius 2 is 2.05 bits per heavy atom. The molecule has 1 saturated heterocycles. The summed E-state index contributed by atoms with van der Waals surface area (Å²) in [6, 6.07) is 4.44. The molecule has 6 heteroatoms. The first kappa shape index (κ1) is 11.7. The number of urea groups is 1. The van der Waals surface area contributed by atoms with Crippen molar-refractivity contribution in [1.82, 2.24) is 10.6 Å². The number of carbonyl (C=O) groups excluding carboxylic acids is 2. The highest BCUT2D eigenvalue weighted by Crippen LogP contribution is 2.31. The van der Waals surface area contributed by atoms with Crippen LogP contribution in [0.4, 0.5) is 4.79 Å². The fourth-order valence-corrected chi connectivity index (χ4v) is 2.76. The molecule has 98 valence electrons. The van der Waals surface area contributed by atoms with E-state index in [2.05, 4.69) is 10.6 Å². The Bertz CT molecular complexity index is 611. The van der Waals surface area contributed by atoms with Crippen LogP contribution in [0, 0.1) is 0 Å². The van der Waals surface area contributed by atoms with Gasteiger partial charge < -0.3 is 10.4 Å². The first-order chi connectivity index (χ1) is 9.00. The van der Waals surface area contributed by atoms with Gasteiger partial charge in [0.1, 0.15) is 5.54 Å². The predicted molar refractivity (Wildman–Crippen MR) is 64.8 cm³/mol. The summed E-state index contributed by atoms with van der Waals surface area (Å²) in [6.07, 6.45) is 1.51. The maximum atomic E-state index is 11.9. The van der Waals surface area contributed by atoms with E-state index in [0.29, 0.717) is 19.3 Å². The second-order valence-corrected chi connectivity index (χ2v) is 4.96. The molecule has 3 rings (SSSR count). The molecule has 2 aliphatic rings. The van der Waals surface area contributed by atoms with Gasteiger partial charge in [-0.15, -0.1) is 0 Å². The Labute approximate surface area is 108 Å². The van der Waals surface area contributed by atoms with Crippen molar-refractivity contribution in [3.8, 4) is 0 Å². The van der Waals surface area contributed by atoms with Crippen molar-refractivity contribution in [2.75, 3.05) is 0 Å². The average molecular weight is 260 g/mol. The van der Waals surface area contributed by atoms with E-state index < -0.39 is 17.5 Å². The first-order valence-electron chi connectivity index (χ1n) is 5.99. The van der Waals surface area contributed by atoms with Crippen LogP contribution in [-0.2, 0) is 17.6 Å². The maximum Gasteiger partial charge on any atom is 0.335 e. The van der Waals surface area contributed by atoms with Gasteiger partial charge in [-0.3, -0.25) is 10.1 Å². The van der Waals surface area contributed by atoms with Gasteiger partial charge in [-0.05, 0) is 36.1 Å². The van der Waals surface area contributed by atoms with E-state index in [1.54, 1.807) is 18.2 Å². The fraction of sp³-hybridized carbons (Fsp3) is 0.308. The number of benzene rings is 1. The van der Waals surface area contributed by atoms with Crippen molar-refractivity contribution >= 4 is 17.9 Å². The topological polar surface area (TPSA) is 95.5 Å². The van der Waals surface area contributed by atoms with Gasteiger partial charge in [0, 0.05) is 6.42 Å². The Morgan fingerprint density at radius 1 is 1.26 bits per heavy atom. The molecule has 1 aromatic carbocycles. The predicted octanol–water partition coefficient (Wildman–Crippen LogP) is 0.452. The SMILES string of the molecule is O=C1NC(=O)C2(CCc3ccc(C(=O)O)cc3C2)N1. The lowest BCUT2D eigenvalue weighted by atomic mass is 9.77. The van der Waals surface area contributed by atoms with Gasteiger partial charge in [0.2, 0.25) is 0 Å². The van der Waals surface area contributed by atoms with Crippen LogP contribution in [0.15, 0.2) is 18.2 Å². The molecular weight excluding hydrogens is 248 g/mol. The van der Waals surface area contributed by atoms with E-state index in [1.807, 2.05) is 0 Å². The molecule has 1 heterocycles. The highest BCUT2D eigenvalue weighted by atomic mass is 16.4. The minimum atomic E-state index is -0.998. The zero-order valence-electron chi connectivity index (χ0n) is 10.0. The van der Waals surface area contributed by atoms with Crippen molar-refractivity contribution in [1.29, 1.82) is 0 Å². The van der Waals surface area contributed by atoms with Crippen molar-refractivity contribution in [2.45, 2.75) is 24.8 Å². The van der Waals surface area contributed by atoms with Gasteiger partial charge in [0.25, 0.3) is 5.91 Å². The summed E-state index contributed by atoms with van der Waals surface area (Å²) in [5.41, 5.74) is 1.12. The fourth-order valence-electron chi connectivity index (χ4n) is 2.76. The summed E-state index contributed by atoms with van der Waals surface area (Å²) in [6.45, 7) is 0. The molecule has 1 aromatic rings. The monoisotopic (exact) mass is 260 g/mol. The Kier molecular flexibility index (Phi) is 2.35. The van der Waals surface area contributed by atoms with Crippen LogP contribution in [0.2, 0.25) is 0 Å². The summed E-state index contributed by atoms with van der Waals surface area (Å²) in [4.78, 5) is 34.1. The average Bonchev–Trinajstić information content (AvgIpc) is 2.63. The van der Waals surface area contributed by atoms with Crippen molar-refractivity contribution in [3.05, 3.63) is 34.9 Å². The van der Waals surface area contributed by atoms with Crippen LogP contribution in [0.25, 0.3) is 0 Å². The molecule has 1 fully saturated rings. The molecule has 6 nitrogen and oxygen atoms in total. The molecular formula is C13H12N2O4. The third-order valence-corrected chi connectivity index (χ3v) is 3.78. The normalized spacial score (nSPS) is 24.8. The molecule has 1 atom stereocenters. The number of carbonyl (C=O) groups is 3. The molecule has 1 unspecified atom stereocenters. The molecule has 3 N–H and O–H groups in total. The molecule has 0 aromatic heterocycles. The van der Waals surface area contributed by atoms with Gasteiger partial charge >= 0.3 is 12.0 Å². The van der Waals surface area contributed by atoms with Gasteiger partial charge in [-0.2, -0.15) is 0 Å². The van der Waals surface area contributed by atoms with Gasteiger partial charge in [-0.1, -0.05) is 6.07 Å². The number of aryl methyl sites for hydroxylation is 1. The molecule has 0 radical (unpaired) electrons. The molecule has 3 amide bonds. The molecule has 0 bridgehead atoms. The van der Waals surface area contributed by atoms with Gasteiger partial charge in [0.15, 0.2) is 0 Å². The van der Waals surface area contributed by atoms with Crippen LogP contribution in [-0.4, -0.2) is 28.6 Å². The molecule has 19 heavy (non-hydrogen) atoms. The lowest BCUT2D eigenvalue weighted by Gasteiger charge is -2.31. The summed E-state index contributed by atoms with van der Waals surface area (Å²) in [7, 11) is 0. The van der Waals surface area contributed by atoms with Crippen LogP contribution in [0.1, 0.15) is 27.9 Å². The number of carboxylic acid groups (broad SMARTS) is 1. The number of hydrogen-bond acceptors (Lipinski definition) is 3. The number of imide groups is 1. The van der Waals surface area contributed by atoms with Crippen molar-refractivity contribution in [3.63, 3.8) is 0 Å². The molecule has 1 aliphatic carbocycles. The van der Waals surface area contributed by atoms with E-state index in [4.69, 9.17) is 5.11 Å². The zero-order chi connectivity index (χ0) is 13.6. The summed E-state index contributed by atoms with van der Waals surface area (Å²) in [5.74, 6) is -1.33. The highest BCUT2D eigenvalue weighted by molar-refractivity contribution is 6.07. The van der Waals surface area contributed by atoms with Crippen molar-refractivity contribution < 1.29 is 19.5 Å². The zero-order valence-corrected chi connectivity index (χ0v) is 10.0. The quantitative estimate of drug-likeness (QED) is 0.639. The maximum absolute atomic E-state index is 11.9. The summed E-state index contributed by atoms with van der Waals surface area (Å²) < 4.78 is 0. The van der Waals surface area contributed by atoms with Crippen LogP contribution < -0.4 is 10.6 Å². The Morgan fingerprint density at radius 3 is 2.68 bits per heavy atom. The Hall–Kier alpha value is -2.37. The summed E-state index contributed by atoms with van der Waals surface area (Å²) >= 11 is 0. The third-order valence-electron chi connectivity index (χ3n) is 3.78. The number of fused-ring (bicyclic) bond motifs is 1. The van der Waals surface area contributed by atoms with Crippen LogP contribution in [0.5, 0.6) is 0 Å². The lowest BCUT2D eigenvalue weighted by Crippen LogP contribution is -2.51. The molecule has 1 spiro atoms. The number of nitrogens with one attached hydrogen (secondary N) is 2. The first-order valence-corrected chi connectivity index (χ1v) is 5.99. The lowest BCUT2D eigenvalue weighted by molar-refractivity contribution is -0.124. The highest BCUT2D eigenvalue weighted by Gasteiger charge is 2.47. The summed E-state index contributed by atoms with van der Waals surface area (Å²) in [5, 5.41) is 13.9. The smallest absolute Gasteiger partial charge is 0.335 e. The Balaban J connectivity index is 1.99. The van der Waals surface area contributed by atoms with E-state index in [-0.39, 0.29) is 11.5 Å². The van der Waals surface area contributed by atoms with Crippen LogP contribution >= 0.6 is 0 Å². The molecule has 1 aliphatic heterocycles. The van der Waals surface area contributed by atoms with Gasteiger partial charge in [0.05, 0.1) is 5.56 Å². The second kappa shape index (κ2) is 3.81. The second-order valence-electron chi connectivity index (χ2n) is 4.96. The molecule has 0 saturated carbocycles. The standard InChI is InChI=1S/C13H12N2O4/c16-10(17)8-2-1-7-3-4-13(6-9(7)5-8)11(18)14-12(19)15-13/h1-2,5H,3-4,6H2,(H,16,17)(H2,14,15,18,19). The largest absolute Gasteiger partial charge is 0.478 e. The number of aromatic carboxylic acids is 1. The van der Waals surface area contributed by atoms with Crippen molar-refractivity contribution in [2.24, 2.45) is 0 Å². The van der Waals surface area contributed by atoms with E-state index in [0.717, 1.165) is 11.1 Å². The number of amides is 3. The number of carboxylic acids is 1. The van der Waals surface area contributed by atoms with E-state index in [1.165, 1.54) is 0 Å². The van der Waals surface area contributed by atoms with Gasteiger partial charge in [-0.25, -0.2) is 9.59 Å². The van der Waals surface area contributed by atoms with E-state index >= 15 is 0 Å². The third kappa shape index (κ3) is 1.76. The number of rotatable bonds is 1. The minimum Gasteiger partial charge on any atom is -0.478 e.